The fraction of sp³-hybridized carbons (Fsp3) is 0.680. The van der Waals surface area contributed by atoms with Crippen molar-refractivity contribution in [3.05, 3.63) is 35.5 Å². The summed E-state index contributed by atoms with van der Waals surface area (Å²) < 4.78 is 2.53. The smallest absolute Gasteiger partial charge is 0.0591 e. The van der Waals surface area contributed by atoms with Gasteiger partial charge in [-0.1, -0.05) is 45.4 Å². The van der Waals surface area contributed by atoms with Gasteiger partial charge in [0.15, 0.2) is 0 Å². The molecule has 1 saturated heterocycles. The molecule has 2 fully saturated rings. The van der Waals surface area contributed by atoms with Crippen LogP contribution in [-0.2, 0) is 19.0 Å². The van der Waals surface area contributed by atoms with E-state index in [0.717, 1.165) is 29.6 Å². The number of fused-ring (bicyclic) bond motifs is 6. The van der Waals surface area contributed by atoms with Gasteiger partial charge in [0, 0.05) is 36.7 Å². The molecular formula is C25H36N2. The zero-order chi connectivity index (χ0) is 18.9. The average Bonchev–Trinajstić information content (AvgIpc) is 2.97. The standard InChI is InChI=1S/C25H36N2/c1-6-18-13-19-15-27-12-11-21-20-9-7-8-10-23(20)26(5)24(21)25(27,4)14-22(19)17(3)16(18)2/h7-10,16-19,22H,6,11-15H2,1-5H3/t16?,17-,18?,19?,22?,25-/m0/s1. The monoisotopic (exact) mass is 364 g/mol. The third-order valence-corrected chi connectivity index (χ3v) is 9.12. The molecule has 0 amide bonds. The highest BCUT2D eigenvalue weighted by Gasteiger charge is 2.52. The lowest BCUT2D eigenvalue weighted by Gasteiger charge is -2.58. The Labute approximate surface area is 164 Å². The molecule has 3 heterocycles. The van der Waals surface area contributed by atoms with Crippen molar-refractivity contribution >= 4 is 10.9 Å². The van der Waals surface area contributed by atoms with Crippen LogP contribution in [0.2, 0.25) is 0 Å². The Morgan fingerprint density at radius 2 is 1.93 bits per heavy atom. The van der Waals surface area contributed by atoms with Crippen molar-refractivity contribution in [3.8, 4) is 0 Å². The average molecular weight is 365 g/mol. The lowest BCUT2D eigenvalue weighted by molar-refractivity contribution is -0.0777. The third kappa shape index (κ3) is 2.35. The van der Waals surface area contributed by atoms with Gasteiger partial charge in [-0.05, 0) is 67.4 Å². The predicted octanol–water partition coefficient (Wildman–Crippen LogP) is 5.59. The largest absolute Gasteiger partial charge is 0.346 e. The summed E-state index contributed by atoms with van der Waals surface area (Å²) in [5.74, 6) is 4.46. The molecule has 0 bridgehead atoms. The Morgan fingerprint density at radius 1 is 1.15 bits per heavy atom. The molecule has 1 aliphatic carbocycles. The molecule has 5 rings (SSSR count). The number of hydrogen-bond acceptors (Lipinski definition) is 1. The van der Waals surface area contributed by atoms with E-state index < -0.39 is 0 Å². The molecule has 1 aromatic carbocycles. The van der Waals surface area contributed by atoms with Gasteiger partial charge in [-0.15, -0.1) is 0 Å². The molecule has 2 heteroatoms. The number of rotatable bonds is 1. The first-order chi connectivity index (χ1) is 13.0. The van der Waals surface area contributed by atoms with Gasteiger partial charge in [0.05, 0.1) is 5.54 Å². The van der Waals surface area contributed by atoms with Crippen molar-refractivity contribution in [2.45, 2.75) is 58.9 Å². The summed E-state index contributed by atoms with van der Waals surface area (Å²) in [4.78, 5) is 2.87. The zero-order valence-electron chi connectivity index (χ0n) is 17.8. The van der Waals surface area contributed by atoms with E-state index in [1.807, 2.05) is 0 Å². The molecule has 2 aliphatic heterocycles. The molecule has 0 N–H and O–H groups in total. The molecule has 1 saturated carbocycles. The Morgan fingerprint density at radius 3 is 2.70 bits per heavy atom. The van der Waals surface area contributed by atoms with E-state index in [-0.39, 0.29) is 5.54 Å². The Balaban J connectivity index is 1.59. The molecule has 2 nitrogen and oxygen atoms in total. The van der Waals surface area contributed by atoms with Crippen molar-refractivity contribution in [2.24, 2.45) is 36.6 Å². The number of hydrogen-bond donors (Lipinski definition) is 0. The topological polar surface area (TPSA) is 8.17 Å². The van der Waals surface area contributed by atoms with Crippen molar-refractivity contribution in [1.29, 1.82) is 0 Å². The van der Waals surface area contributed by atoms with Crippen molar-refractivity contribution in [2.75, 3.05) is 13.1 Å². The summed E-state index contributed by atoms with van der Waals surface area (Å²) in [6.45, 7) is 12.6. The Bertz CT molecular complexity index is 865. The van der Waals surface area contributed by atoms with E-state index in [2.05, 4.69) is 68.5 Å². The lowest BCUT2D eigenvalue weighted by atomic mass is 9.57. The van der Waals surface area contributed by atoms with Crippen LogP contribution in [0.3, 0.4) is 0 Å². The van der Waals surface area contributed by atoms with Gasteiger partial charge in [0.2, 0.25) is 0 Å². The number of aromatic nitrogens is 1. The van der Waals surface area contributed by atoms with Gasteiger partial charge in [0.25, 0.3) is 0 Å². The van der Waals surface area contributed by atoms with Crippen LogP contribution in [0, 0.1) is 29.6 Å². The van der Waals surface area contributed by atoms with Gasteiger partial charge in [-0.2, -0.15) is 0 Å². The van der Waals surface area contributed by atoms with Crippen LogP contribution in [0.25, 0.3) is 10.9 Å². The first-order valence-corrected chi connectivity index (χ1v) is 11.3. The highest BCUT2D eigenvalue weighted by molar-refractivity contribution is 5.86. The van der Waals surface area contributed by atoms with E-state index in [0.29, 0.717) is 0 Å². The van der Waals surface area contributed by atoms with E-state index >= 15 is 0 Å². The second kappa shape index (κ2) is 6.11. The number of nitrogens with zero attached hydrogens (tertiary/aromatic N) is 2. The molecule has 146 valence electrons. The first kappa shape index (κ1) is 17.8. The summed E-state index contributed by atoms with van der Waals surface area (Å²) >= 11 is 0. The van der Waals surface area contributed by atoms with Crippen LogP contribution in [0.5, 0.6) is 0 Å². The minimum absolute atomic E-state index is 0.204. The zero-order valence-corrected chi connectivity index (χ0v) is 17.8. The van der Waals surface area contributed by atoms with Crippen LogP contribution in [0.15, 0.2) is 24.3 Å². The maximum absolute atomic E-state index is 2.87. The van der Waals surface area contributed by atoms with Gasteiger partial charge in [0.1, 0.15) is 0 Å². The normalized spacial score (nSPS) is 39.1. The minimum atomic E-state index is 0.204. The molecule has 27 heavy (non-hydrogen) atoms. The minimum Gasteiger partial charge on any atom is -0.346 e. The predicted molar refractivity (Wildman–Crippen MR) is 114 cm³/mol. The van der Waals surface area contributed by atoms with Gasteiger partial charge in [-0.25, -0.2) is 0 Å². The first-order valence-electron chi connectivity index (χ1n) is 11.3. The molecule has 0 spiro atoms. The van der Waals surface area contributed by atoms with Gasteiger partial charge >= 0.3 is 0 Å². The number of benzene rings is 1. The molecule has 6 atom stereocenters. The van der Waals surface area contributed by atoms with E-state index in [9.17, 15) is 0 Å². The fourth-order valence-electron chi connectivity index (χ4n) is 7.44. The molecule has 2 aromatic rings. The lowest BCUT2D eigenvalue weighted by Crippen LogP contribution is -2.59. The fourth-order valence-corrected chi connectivity index (χ4v) is 7.44. The summed E-state index contributed by atoms with van der Waals surface area (Å²) in [6, 6.07) is 9.06. The van der Waals surface area contributed by atoms with Gasteiger partial charge in [-0.3, -0.25) is 4.90 Å². The molecular weight excluding hydrogens is 328 g/mol. The van der Waals surface area contributed by atoms with Crippen LogP contribution < -0.4 is 0 Å². The van der Waals surface area contributed by atoms with Crippen LogP contribution in [0.1, 0.15) is 58.2 Å². The number of aryl methyl sites for hydroxylation is 1. The molecule has 4 unspecified atom stereocenters. The second-order valence-electron chi connectivity index (χ2n) is 10.1. The van der Waals surface area contributed by atoms with Crippen LogP contribution >= 0.6 is 0 Å². The second-order valence-corrected chi connectivity index (χ2v) is 10.1. The SMILES string of the molecule is CCC1CC2CN3CCc4c(n(C)c5ccccc45)[C@]3(C)CC2[C@@H](C)C1C. The van der Waals surface area contributed by atoms with Crippen molar-refractivity contribution in [3.63, 3.8) is 0 Å². The molecule has 3 aliphatic rings. The number of piperidine rings is 1. The maximum atomic E-state index is 2.87. The highest BCUT2D eigenvalue weighted by atomic mass is 15.2. The molecule has 0 radical (unpaired) electrons. The maximum Gasteiger partial charge on any atom is 0.0591 e. The van der Waals surface area contributed by atoms with E-state index in [4.69, 9.17) is 0 Å². The quantitative estimate of drug-likeness (QED) is 0.640. The van der Waals surface area contributed by atoms with Gasteiger partial charge < -0.3 is 4.57 Å². The van der Waals surface area contributed by atoms with E-state index in [1.165, 1.54) is 49.7 Å². The Hall–Kier alpha value is -1.28. The van der Waals surface area contributed by atoms with Crippen molar-refractivity contribution < 1.29 is 0 Å². The summed E-state index contributed by atoms with van der Waals surface area (Å²) in [5.41, 5.74) is 4.87. The van der Waals surface area contributed by atoms with E-state index in [1.54, 1.807) is 11.3 Å². The molecule has 1 aromatic heterocycles. The number of para-hydroxylation sites is 1. The highest BCUT2D eigenvalue weighted by Crippen LogP contribution is 2.55. The van der Waals surface area contributed by atoms with Crippen LogP contribution in [0.4, 0.5) is 0 Å². The summed E-state index contributed by atoms with van der Waals surface area (Å²) in [7, 11) is 2.31. The van der Waals surface area contributed by atoms with Crippen molar-refractivity contribution in [1.82, 2.24) is 9.47 Å². The summed E-state index contributed by atoms with van der Waals surface area (Å²) in [6.07, 6.45) is 5.38. The van der Waals surface area contributed by atoms with Crippen LogP contribution in [-0.4, -0.2) is 22.6 Å². The summed E-state index contributed by atoms with van der Waals surface area (Å²) in [5, 5.41) is 1.49. The Kier molecular flexibility index (Phi) is 4.03. The third-order valence-electron chi connectivity index (χ3n) is 9.12.